The summed E-state index contributed by atoms with van der Waals surface area (Å²) in [6.07, 6.45) is 3.85. The number of amides is 1. The van der Waals surface area contributed by atoms with Crippen molar-refractivity contribution in [3.8, 4) is 0 Å². The Kier molecular flexibility index (Phi) is 18.8. The zero-order valence-electron chi connectivity index (χ0n) is 35.8. The number of hydrogen-bond acceptors (Lipinski definition) is 10. The first-order valence-corrected chi connectivity index (χ1v) is 21.1. The summed E-state index contributed by atoms with van der Waals surface area (Å²) in [5.74, 6) is -3.94. The van der Waals surface area contributed by atoms with Crippen molar-refractivity contribution in [1.82, 2.24) is 4.90 Å². The summed E-state index contributed by atoms with van der Waals surface area (Å²) in [6.45, 7) is 12.3. The number of halogens is 4. The van der Waals surface area contributed by atoms with Crippen molar-refractivity contribution in [2.75, 3.05) is 33.2 Å². The lowest BCUT2D eigenvalue weighted by Crippen LogP contribution is -3.00. The van der Waals surface area contributed by atoms with Crippen LogP contribution in [0.1, 0.15) is 112 Å². The molecule has 59 heavy (non-hydrogen) atoms. The topological polar surface area (TPSA) is 155 Å². The molecule has 1 aliphatic carbocycles. The van der Waals surface area contributed by atoms with Crippen molar-refractivity contribution in [2.45, 2.75) is 172 Å². The van der Waals surface area contributed by atoms with E-state index in [4.69, 9.17) is 18.9 Å². The van der Waals surface area contributed by atoms with Crippen molar-refractivity contribution < 1.29 is 90.3 Å². The van der Waals surface area contributed by atoms with Crippen LogP contribution < -0.4 is 24.0 Å². The summed E-state index contributed by atoms with van der Waals surface area (Å²) in [4.78, 5) is 40.8. The van der Waals surface area contributed by atoms with Gasteiger partial charge in [-0.15, -0.1) is 0 Å². The molecular weight excluding hydrogens is 888 g/mol. The summed E-state index contributed by atoms with van der Waals surface area (Å²) in [5, 5.41) is 32.1. The lowest BCUT2D eigenvalue weighted by Gasteiger charge is -2.47. The van der Waals surface area contributed by atoms with Crippen LogP contribution in [0.25, 0.3) is 0 Å². The Bertz CT molecular complexity index is 1490. The van der Waals surface area contributed by atoms with Crippen LogP contribution in [0.15, 0.2) is 36.0 Å². The van der Waals surface area contributed by atoms with Gasteiger partial charge >= 0.3 is 24.2 Å². The molecule has 12 nitrogen and oxygen atoms in total. The molecule has 0 spiro atoms. The van der Waals surface area contributed by atoms with E-state index >= 15 is 0 Å². The highest BCUT2D eigenvalue weighted by atomic mass is 127. The minimum Gasteiger partial charge on any atom is -1.00 e. The molecule has 4 rings (SSSR count). The van der Waals surface area contributed by atoms with Gasteiger partial charge < -0.3 is 62.7 Å². The number of epoxide rings is 1. The largest absolute Gasteiger partial charge is 1.00 e. The third-order valence-electron chi connectivity index (χ3n) is 12.9. The molecule has 0 aromatic rings. The van der Waals surface area contributed by atoms with Gasteiger partial charge in [-0.05, 0) is 77.4 Å². The number of quaternary nitrogens is 1. The average Bonchev–Trinajstić information content (AvgIpc) is 3.96. The number of carbonyl (C=O) groups is 3. The molecular formula is C43H68F3IN2O10. The fraction of sp³-hybridized carbons (Fsp3) is 0.791. The van der Waals surface area contributed by atoms with Gasteiger partial charge in [-0.2, -0.15) is 13.2 Å². The smallest absolute Gasteiger partial charge is 0.490 e. The van der Waals surface area contributed by atoms with Crippen LogP contribution in [0.5, 0.6) is 0 Å². The van der Waals surface area contributed by atoms with Crippen molar-refractivity contribution in [3.63, 3.8) is 0 Å². The van der Waals surface area contributed by atoms with Gasteiger partial charge in [0.25, 0.3) is 0 Å². The van der Waals surface area contributed by atoms with Gasteiger partial charge in [0, 0.05) is 18.3 Å². The number of aliphatic hydroxyl groups is 3. The number of aliphatic hydroxyl groups excluding tert-OH is 2. The van der Waals surface area contributed by atoms with Crippen molar-refractivity contribution >= 4 is 18.0 Å². The summed E-state index contributed by atoms with van der Waals surface area (Å²) in [7, 11) is 2.21. The Morgan fingerprint density at radius 3 is 2.34 bits per heavy atom. The third-order valence-corrected chi connectivity index (χ3v) is 12.9. The fourth-order valence-corrected chi connectivity index (χ4v) is 8.70. The normalized spacial score (nSPS) is 32.8. The summed E-state index contributed by atoms with van der Waals surface area (Å²) >= 11 is 0. The maximum Gasteiger partial charge on any atom is 0.490 e. The lowest BCUT2D eigenvalue weighted by molar-refractivity contribution is -0.937. The first-order chi connectivity index (χ1) is 27.1. The molecule has 10 atom stereocenters. The van der Waals surface area contributed by atoms with Gasteiger partial charge in [0.1, 0.15) is 6.10 Å². The molecule has 3 N–H and O–H groups in total. The highest BCUT2D eigenvalue weighted by molar-refractivity contribution is 5.76. The number of rotatable bonds is 11. The molecule has 3 fully saturated rings. The highest BCUT2D eigenvalue weighted by Crippen LogP contribution is 2.38. The quantitative estimate of drug-likeness (QED) is 0.0411. The molecule has 0 unspecified atom stereocenters. The number of cyclic esters (lactones) is 1. The van der Waals surface area contributed by atoms with Gasteiger partial charge in [-0.1, -0.05) is 57.9 Å². The molecule has 3 heterocycles. The second-order valence-electron chi connectivity index (χ2n) is 17.9. The second kappa shape index (κ2) is 21.7. The number of allylic oxidation sites excluding steroid dienone is 2. The molecule has 1 amide bonds. The molecule has 3 aliphatic heterocycles. The number of nitrogens with zero attached hydrogens (tertiary/aromatic N) is 2. The zero-order valence-corrected chi connectivity index (χ0v) is 38.0. The van der Waals surface area contributed by atoms with Crippen molar-refractivity contribution in [3.05, 3.63) is 36.0 Å². The van der Waals surface area contributed by atoms with Crippen LogP contribution in [0.3, 0.4) is 0 Å². The predicted molar refractivity (Wildman–Crippen MR) is 210 cm³/mol. The van der Waals surface area contributed by atoms with Crippen LogP contribution in [-0.4, -0.2) is 136 Å². The van der Waals surface area contributed by atoms with E-state index in [0.717, 1.165) is 17.3 Å². The van der Waals surface area contributed by atoms with Gasteiger partial charge in [0.05, 0.1) is 75.7 Å². The van der Waals surface area contributed by atoms with Crippen LogP contribution in [0, 0.1) is 11.8 Å². The fourth-order valence-electron chi connectivity index (χ4n) is 8.70. The number of likely N-dealkylation sites (N-methyl/N-ethyl adjacent to an activating group) is 1. The maximum atomic E-state index is 13.8. The van der Waals surface area contributed by atoms with Gasteiger partial charge in [-0.25, -0.2) is 9.59 Å². The van der Waals surface area contributed by atoms with Crippen molar-refractivity contribution in [2.24, 2.45) is 11.8 Å². The summed E-state index contributed by atoms with van der Waals surface area (Å²) in [6, 6.07) is 0.497. The molecule has 0 bridgehead atoms. The first-order valence-electron chi connectivity index (χ1n) is 21.1. The molecule has 4 aliphatic rings. The molecule has 1 saturated carbocycles. The Morgan fingerprint density at radius 1 is 1.12 bits per heavy atom. The highest BCUT2D eigenvalue weighted by Gasteiger charge is 2.50. The Labute approximate surface area is 365 Å². The molecule has 16 heteroatoms. The number of piperazine rings is 1. The van der Waals surface area contributed by atoms with E-state index in [9.17, 15) is 42.9 Å². The first kappa shape index (κ1) is 51.1. The van der Waals surface area contributed by atoms with Crippen molar-refractivity contribution in [1.29, 1.82) is 0 Å². The Morgan fingerprint density at radius 2 is 1.75 bits per heavy atom. The molecule has 2 saturated heterocycles. The lowest BCUT2D eigenvalue weighted by atomic mass is 9.88. The van der Waals surface area contributed by atoms with E-state index < -0.39 is 72.2 Å². The van der Waals surface area contributed by atoms with E-state index in [2.05, 4.69) is 7.05 Å². The standard InChI is InChI=1S/C43H68F3N2O10.HI/c1-8-33(50)30(4)38-34(55-38)27-41(5,54)20-13-14-28(2)37-29(3)17-18-35(42(6,58-39(52)43(44,45)46)21-19-32(49)26-36(51)57-37)56-40(53)47-22-24-48(7,25-23-47)31-15-11-9-10-12-16-31;/h13-14,17-18,20,29-35,37-38,49-50,54H,8-12,15-16,19,21-27H2,1-7H3;1H/q+1;/p-1/b18-17+,20-13+,28-14+;/t29-,30+,32+,33-,34+,35-,37+,38+,41-,42+;/m0./s1. The van der Waals surface area contributed by atoms with E-state index in [0.29, 0.717) is 50.6 Å². The van der Waals surface area contributed by atoms with Crippen LogP contribution in [-0.2, 0) is 28.5 Å². The van der Waals surface area contributed by atoms with E-state index in [1.807, 2.05) is 13.8 Å². The van der Waals surface area contributed by atoms with Gasteiger partial charge in [0.15, 0.2) is 11.7 Å². The summed E-state index contributed by atoms with van der Waals surface area (Å²) < 4.78 is 64.4. The van der Waals surface area contributed by atoms with E-state index in [-0.39, 0.29) is 54.9 Å². The molecule has 0 radical (unpaired) electrons. The minimum absolute atomic E-state index is 0. The van der Waals surface area contributed by atoms with Crippen LogP contribution >= 0.6 is 0 Å². The number of hydrogen-bond donors (Lipinski definition) is 3. The minimum atomic E-state index is -5.34. The SMILES string of the molecule is CC[C@H](O)[C@@H](C)[C@H]1O[C@@H]1C[C@@](C)(O)/C=C/C=C(\C)[C@H]1OC(=O)C[C@H](O)CC[C@@](C)(OC(=O)C(F)(F)F)[C@@H](OC(=O)N2CC[N+](C)(C3CCCCCC3)CC2)/C=C/[C@@H]1C.[I-]. The number of alkyl halides is 3. The molecule has 0 aromatic heterocycles. The van der Waals surface area contributed by atoms with Crippen LogP contribution in [0.2, 0.25) is 0 Å². The van der Waals surface area contributed by atoms with Gasteiger partial charge in [-0.3, -0.25) is 9.69 Å². The van der Waals surface area contributed by atoms with Crippen LogP contribution in [0.4, 0.5) is 18.0 Å². The Hall–Kier alpha value is -2.25. The van der Waals surface area contributed by atoms with E-state index in [1.165, 1.54) is 43.6 Å². The third kappa shape index (κ3) is 14.7. The monoisotopic (exact) mass is 956 g/mol. The Balaban J connectivity index is 0.00000930. The number of ether oxygens (including phenoxy) is 4. The predicted octanol–water partition coefficient (Wildman–Crippen LogP) is 3.31. The molecule has 0 aromatic carbocycles. The maximum absolute atomic E-state index is 13.8. The summed E-state index contributed by atoms with van der Waals surface area (Å²) in [5.41, 5.74) is -2.79. The van der Waals surface area contributed by atoms with Gasteiger partial charge in [0.2, 0.25) is 0 Å². The zero-order chi connectivity index (χ0) is 43.1. The molecule has 338 valence electrons. The van der Waals surface area contributed by atoms with E-state index in [1.54, 1.807) is 45.1 Å². The average molecular weight is 957 g/mol. The number of carbonyl (C=O) groups excluding carboxylic acids is 3. The number of esters is 2. The second-order valence-corrected chi connectivity index (χ2v) is 17.9.